The molecule has 1 aromatic heterocycles. The van der Waals surface area contributed by atoms with Gasteiger partial charge in [-0.05, 0) is 30.2 Å². The molecule has 2 aromatic rings. The van der Waals surface area contributed by atoms with Gasteiger partial charge in [-0.1, -0.05) is 22.0 Å². The average Bonchev–Trinajstić information content (AvgIpc) is 2.69. The number of hydrogen-bond acceptors (Lipinski definition) is 2. The number of aromatic nitrogens is 2. The summed E-state index contributed by atoms with van der Waals surface area (Å²) in [4.78, 5) is 0. The Morgan fingerprint density at radius 3 is 2.93 bits per heavy atom. The predicted molar refractivity (Wildman–Crippen MR) is 64.4 cm³/mol. The lowest BCUT2D eigenvalue weighted by atomic mass is 10.0. The molecule has 0 amide bonds. The number of H-pyrrole nitrogens is 1. The van der Waals surface area contributed by atoms with E-state index >= 15 is 0 Å². The molecular weight excluding hydrogens is 254 g/mol. The van der Waals surface area contributed by atoms with E-state index < -0.39 is 0 Å². The van der Waals surface area contributed by atoms with Gasteiger partial charge in [0.25, 0.3) is 0 Å². The Labute approximate surface area is 96.8 Å². The molecule has 0 aliphatic rings. The number of aromatic amines is 1. The Kier molecular flexibility index (Phi) is 2.88. The summed E-state index contributed by atoms with van der Waals surface area (Å²) in [6.45, 7) is 2.55. The van der Waals surface area contributed by atoms with Crippen LogP contribution in [0.4, 0.5) is 0 Å². The summed E-state index contributed by atoms with van der Waals surface area (Å²) in [5.74, 6) is 0. The number of nitrogens with zero attached hydrogens (tertiary/aromatic N) is 1. The quantitative estimate of drug-likeness (QED) is 0.877. The Balaban J connectivity index is 2.58. The van der Waals surface area contributed by atoms with Gasteiger partial charge in [0.2, 0.25) is 0 Å². The molecule has 1 heterocycles. The van der Waals surface area contributed by atoms with Crippen LogP contribution >= 0.6 is 15.9 Å². The van der Waals surface area contributed by atoms with Crippen molar-refractivity contribution in [2.75, 3.05) is 0 Å². The zero-order valence-corrected chi connectivity index (χ0v) is 10.0. The molecule has 0 radical (unpaired) electrons. The van der Waals surface area contributed by atoms with Gasteiger partial charge in [0.1, 0.15) is 0 Å². The molecule has 0 aliphatic carbocycles. The first-order chi connectivity index (χ1) is 7.22. The number of rotatable bonds is 2. The highest BCUT2D eigenvalue weighted by Gasteiger charge is 2.08. The van der Waals surface area contributed by atoms with Gasteiger partial charge in [0.05, 0.1) is 11.9 Å². The van der Waals surface area contributed by atoms with Gasteiger partial charge < -0.3 is 5.73 Å². The zero-order chi connectivity index (χ0) is 10.8. The SMILES string of the molecule is Cc1ccc(Br)cc1-c1cn[nH]c1CN. The van der Waals surface area contributed by atoms with Crippen LogP contribution in [-0.4, -0.2) is 10.2 Å². The number of aryl methyl sites for hydroxylation is 1. The van der Waals surface area contributed by atoms with E-state index in [2.05, 4.69) is 45.2 Å². The molecule has 2 rings (SSSR count). The fourth-order valence-electron chi connectivity index (χ4n) is 1.58. The Hall–Kier alpha value is -1.13. The maximum absolute atomic E-state index is 5.64. The predicted octanol–water partition coefficient (Wildman–Crippen LogP) is 2.61. The van der Waals surface area contributed by atoms with Crippen molar-refractivity contribution in [3.05, 3.63) is 40.1 Å². The molecule has 4 heteroatoms. The highest BCUT2D eigenvalue weighted by Crippen LogP contribution is 2.28. The third-order valence-electron chi connectivity index (χ3n) is 2.41. The molecule has 0 atom stereocenters. The summed E-state index contributed by atoms with van der Waals surface area (Å²) in [6.07, 6.45) is 1.82. The normalized spacial score (nSPS) is 10.6. The van der Waals surface area contributed by atoms with Crippen molar-refractivity contribution in [3.63, 3.8) is 0 Å². The van der Waals surface area contributed by atoms with Crippen LogP contribution in [0.3, 0.4) is 0 Å². The van der Waals surface area contributed by atoms with E-state index in [-0.39, 0.29) is 0 Å². The summed E-state index contributed by atoms with van der Waals surface area (Å²) in [5.41, 5.74) is 10.1. The second kappa shape index (κ2) is 4.16. The Morgan fingerprint density at radius 1 is 1.40 bits per heavy atom. The fourth-order valence-corrected chi connectivity index (χ4v) is 1.95. The van der Waals surface area contributed by atoms with Crippen LogP contribution in [0.15, 0.2) is 28.9 Å². The minimum Gasteiger partial charge on any atom is -0.325 e. The Bertz CT molecular complexity index is 476. The van der Waals surface area contributed by atoms with E-state index in [1.807, 2.05) is 12.3 Å². The maximum atomic E-state index is 5.64. The van der Waals surface area contributed by atoms with E-state index in [0.29, 0.717) is 6.54 Å². The number of halogens is 1. The van der Waals surface area contributed by atoms with Gasteiger partial charge in [-0.25, -0.2) is 0 Å². The van der Waals surface area contributed by atoms with Crippen LogP contribution in [-0.2, 0) is 6.54 Å². The number of hydrogen-bond donors (Lipinski definition) is 2. The van der Waals surface area contributed by atoms with Crippen LogP contribution < -0.4 is 5.73 Å². The van der Waals surface area contributed by atoms with Crippen LogP contribution in [0.1, 0.15) is 11.3 Å². The lowest BCUT2D eigenvalue weighted by Crippen LogP contribution is -1.99. The monoisotopic (exact) mass is 265 g/mol. The molecule has 78 valence electrons. The van der Waals surface area contributed by atoms with Crippen LogP contribution in [0.2, 0.25) is 0 Å². The van der Waals surface area contributed by atoms with Crippen molar-refractivity contribution in [1.29, 1.82) is 0 Å². The highest BCUT2D eigenvalue weighted by molar-refractivity contribution is 9.10. The van der Waals surface area contributed by atoms with Crippen molar-refractivity contribution in [3.8, 4) is 11.1 Å². The first-order valence-corrected chi connectivity index (χ1v) is 5.50. The standard InChI is InChI=1S/C11H12BrN3/c1-7-2-3-8(12)4-9(7)10-6-14-15-11(10)5-13/h2-4,6H,5,13H2,1H3,(H,14,15). The number of nitrogens with one attached hydrogen (secondary N) is 1. The fraction of sp³-hybridized carbons (Fsp3) is 0.182. The minimum atomic E-state index is 0.473. The smallest absolute Gasteiger partial charge is 0.0569 e. The summed E-state index contributed by atoms with van der Waals surface area (Å²) < 4.78 is 1.06. The highest BCUT2D eigenvalue weighted by atomic mass is 79.9. The van der Waals surface area contributed by atoms with Crippen LogP contribution in [0.5, 0.6) is 0 Å². The second-order valence-electron chi connectivity index (χ2n) is 3.43. The van der Waals surface area contributed by atoms with Crippen LogP contribution in [0, 0.1) is 6.92 Å². The first-order valence-electron chi connectivity index (χ1n) is 4.71. The van der Waals surface area contributed by atoms with Gasteiger partial charge in [-0.3, -0.25) is 5.10 Å². The molecule has 0 bridgehead atoms. The summed E-state index contributed by atoms with van der Waals surface area (Å²) in [5, 5.41) is 6.93. The van der Waals surface area contributed by atoms with Crippen molar-refractivity contribution in [2.24, 2.45) is 5.73 Å². The zero-order valence-electron chi connectivity index (χ0n) is 8.42. The molecule has 15 heavy (non-hydrogen) atoms. The van der Waals surface area contributed by atoms with Crippen molar-refractivity contribution < 1.29 is 0 Å². The third kappa shape index (κ3) is 1.96. The van der Waals surface area contributed by atoms with E-state index in [1.54, 1.807) is 0 Å². The number of benzene rings is 1. The van der Waals surface area contributed by atoms with E-state index in [1.165, 1.54) is 11.1 Å². The van der Waals surface area contributed by atoms with E-state index in [0.717, 1.165) is 15.7 Å². The average molecular weight is 266 g/mol. The van der Waals surface area contributed by atoms with E-state index in [4.69, 9.17) is 5.73 Å². The van der Waals surface area contributed by atoms with E-state index in [9.17, 15) is 0 Å². The molecule has 1 aromatic carbocycles. The second-order valence-corrected chi connectivity index (χ2v) is 4.34. The molecule has 0 saturated heterocycles. The van der Waals surface area contributed by atoms with Gasteiger partial charge in [0.15, 0.2) is 0 Å². The summed E-state index contributed by atoms with van der Waals surface area (Å²) >= 11 is 3.47. The van der Waals surface area contributed by atoms with Crippen LogP contribution in [0.25, 0.3) is 11.1 Å². The lowest BCUT2D eigenvalue weighted by molar-refractivity contribution is 0.948. The molecule has 0 spiro atoms. The third-order valence-corrected chi connectivity index (χ3v) is 2.91. The number of nitrogens with two attached hydrogens (primary N) is 1. The van der Waals surface area contributed by atoms with Gasteiger partial charge in [-0.2, -0.15) is 5.10 Å². The van der Waals surface area contributed by atoms with Gasteiger partial charge in [-0.15, -0.1) is 0 Å². The Morgan fingerprint density at radius 2 is 2.20 bits per heavy atom. The molecular formula is C11H12BrN3. The molecule has 0 fully saturated rings. The molecule has 0 aliphatic heterocycles. The van der Waals surface area contributed by atoms with Crippen molar-refractivity contribution >= 4 is 15.9 Å². The first kappa shape index (κ1) is 10.4. The minimum absolute atomic E-state index is 0.473. The lowest BCUT2D eigenvalue weighted by Gasteiger charge is -2.06. The summed E-state index contributed by atoms with van der Waals surface area (Å²) in [7, 11) is 0. The molecule has 0 saturated carbocycles. The molecule has 0 unspecified atom stereocenters. The molecule has 3 N–H and O–H groups in total. The topological polar surface area (TPSA) is 54.7 Å². The largest absolute Gasteiger partial charge is 0.325 e. The molecule has 3 nitrogen and oxygen atoms in total. The summed E-state index contributed by atoms with van der Waals surface area (Å²) in [6, 6.07) is 6.19. The van der Waals surface area contributed by atoms with Gasteiger partial charge >= 0.3 is 0 Å². The van der Waals surface area contributed by atoms with Gasteiger partial charge in [0, 0.05) is 16.6 Å². The van der Waals surface area contributed by atoms with Crippen molar-refractivity contribution in [2.45, 2.75) is 13.5 Å². The van der Waals surface area contributed by atoms with Crippen molar-refractivity contribution in [1.82, 2.24) is 10.2 Å². The maximum Gasteiger partial charge on any atom is 0.0569 e.